The first-order chi connectivity index (χ1) is 12.1. The summed E-state index contributed by atoms with van der Waals surface area (Å²) >= 11 is 0. The average molecular weight is 341 g/mol. The van der Waals surface area contributed by atoms with Crippen LogP contribution >= 0.6 is 0 Å². The van der Waals surface area contributed by atoms with Gasteiger partial charge in [-0.05, 0) is 37.8 Å². The molecule has 2 aromatic rings. The normalized spacial score (nSPS) is 28.9. The summed E-state index contributed by atoms with van der Waals surface area (Å²) < 4.78 is 14.2. The molecule has 2 aliphatic rings. The van der Waals surface area contributed by atoms with Crippen molar-refractivity contribution in [3.05, 3.63) is 59.5 Å². The van der Waals surface area contributed by atoms with Crippen LogP contribution in [0.4, 0.5) is 10.2 Å². The number of aromatic nitrogens is 1. The molecule has 2 aliphatic heterocycles. The number of benzene rings is 1. The van der Waals surface area contributed by atoms with Gasteiger partial charge in [-0.25, -0.2) is 9.37 Å². The fourth-order valence-corrected chi connectivity index (χ4v) is 4.62. The van der Waals surface area contributed by atoms with Crippen LogP contribution in [0.5, 0.6) is 0 Å². The number of rotatable bonds is 4. The van der Waals surface area contributed by atoms with E-state index in [0.717, 1.165) is 25.2 Å². The van der Waals surface area contributed by atoms with E-state index in [1.54, 1.807) is 24.4 Å². The van der Waals surface area contributed by atoms with Crippen molar-refractivity contribution in [2.75, 3.05) is 12.4 Å². The number of nitrogens with one attached hydrogen (secondary N) is 1. The van der Waals surface area contributed by atoms with E-state index in [9.17, 15) is 9.50 Å². The van der Waals surface area contributed by atoms with Gasteiger partial charge in [-0.3, -0.25) is 4.90 Å². The Labute approximate surface area is 147 Å². The summed E-state index contributed by atoms with van der Waals surface area (Å²) in [6.07, 6.45) is 5.06. The summed E-state index contributed by atoms with van der Waals surface area (Å²) in [5, 5.41) is 14.3. The number of nitrogens with zero attached hydrogens (tertiary/aromatic N) is 2. The first kappa shape index (κ1) is 16.5. The van der Waals surface area contributed by atoms with Gasteiger partial charge in [0.05, 0.1) is 5.60 Å². The van der Waals surface area contributed by atoms with Gasteiger partial charge in [0.2, 0.25) is 0 Å². The highest BCUT2D eigenvalue weighted by molar-refractivity contribution is 5.43. The van der Waals surface area contributed by atoms with E-state index in [1.165, 1.54) is 11.6 Å². The number of anilines is 1. The predicted molar refractivity (Wildman–Crippen MR) is 95.7 cm³/mol. The van der Waals surface area contributed by atoms with Crippen molar-refractivity contribution in [2.24, 2.45) is 0 Å². The van der Waals surface area contributed by atoms with E-state index in [0.29, 0.717) is 18.4 Å². The molecule has 1 aromatic heterocycles. The predicted octanol–water partition coefficient (Wildman–Crippen LogP) is 3.28. The summed E-state index contributed by atoms with van der Waals surface area (Å²) in [5.41, 5.74) is 0.552. The zero-order chi connectivity index (χ0) is 17.4. The molecular weight excluding hydrogens is 317 g/mol. The van der Waals surface area contributed by atoms with Gasteiger partial charge in [0.25, 0.3) is 0 Å². The lowest BCUT2D eigenvalue weighted by Gasteiger charge is -2.44. The molecule has 1 aromatic carbocycles. The van der Waals surface area contributed by atoms with Gasteiger partial charge in [-0.2, -0.15) is 0 Å². The van der Waals surface area contributed by atoms with E-state index in [4.69, 9.17) is 0 Å². The van der Waals surface area contributed by atoms with Crippen LogP contribution < -0.4 is 5.32 Å². The van der Waals surface area contributed by atoms with Crippen molar-refractivity contribution >= 4 is 5.82 Å². The Kier molecular flexibility index (Phi) is 4.21. The molecule has 2 bridgehead atoms. The first-order valence-electron chi connectivity index (χ1n) is 8.95. The van der Waals surface area contributed by atoms with Crippen molar-refractivity contribution in [2.45, 2.75) is 49.9 Å². The smallest absolute Gasteiger partial charge is 0.130 e. The number of hydrogen-bond donors (Lipinski definition) is 2. The van der Waals surface area contributed by atoms with E-state index in [-0.39, 0.29) is 17.9 Å². The summed E-state index contributed by atoms with van der Waals surface area (Å²) in [6, 6.07) is 11.2. The second-order valence-electron chi connectivity index (χ2n) is 7.24. The SMILES string of the molecule is CNc1ncccc1CN1[C@H]2CC[C@H]1CC(O)(c1ccccc1F)C2. The lowest BCUT2D eigenvalue weighted by atomic mass is 9.80. The Morgan fingerprint density at radius 2 is 1.92 bits per heavy atom. The quantitative estimate of drug-likeness (QED) is 0.896. The molecule has 2 atom stereocenters. The fraction of sp³-hybridized carbons (Fsp3) is 0.450. The zero-order valence-corrected chi connectivity index (χ0v) is 14.5. The fourth-order valence-electron chi connectivity index (χ4n) is 4.62. The number of pyridine rings is 1. The first-order valence-corrected chi connectivity index (χ1v) is 8.95. The largest absolute Gasteiger partial charge is 0.385 e. The standard InChI is InChI=1S/C20H24FN3O/c1-22-19-14(5-4-10-23-19)13-24-15-8-9-16(24)12-20(25,11-15)17-6-2-3-7-18(17)21/h2-7,10,15-16,25H,8-9,11-13H2,1H3,(H,22,23)/t15-,16-/m0/s1. The molecule has 4 rings (SSSR count). The van der Waals surface area contributed by atoms with Gasteiger partial charge in [-0.1, -0.05) is 24.3 Å². The van der Waals surface area contributed by atoms with Crippen molar-refractivity contribution in [3.63, 3.8) is 0 Å². The second-order valence-corrected chi connectivity index (χ2v) is 7.24. The van der Waals surface area contributed by atoms with Crippen molar-refractivity contribution in [1.29, 1.82) is 0 Å². The minimum Gasteiger partial charge on any atom is -0.385 e. The topological polar surface area (TPSA) is 48.4 Å². The third-order valence-corrected chi connectivity index (χ3v) is 5.77. The monoisotopic (exact) mass is 341 g/mol. The minimum absolute atomic E-state index is 0.272. The van der Waals surface area contributed by atoms with Gasteiger partial charge in [0, 0.05) is 43.0 Å². The molecule has 2 fully saturated rings. The van der Waals surface area contributed by atoms with E-state index in [1.807, 2.05) is 13.1 Å². The minimum atomic E-state index is -1.06. The Bertz CT molecular complexity index is 752. The molecular formula is C20H24FN3O. The van der Waals surface area contributed by atoms with Gasteiger partial charge < -0.3 is 10.4 Å². The second kappa shape index (κ2) is 6.39. The van der Waals surface area contributed by atoms with Gasteiger partial charge in [0.1, 0.15) is 11.6 Å². The summed E-state index contributed by atoms with van der Waals surface area (Å²) in [7, 11) is 1.88. The molecule has 2 N–H and O–H groups in total. The maximum Gasteiger partial charge on any atom is 0.130 e. The van der Waals surface area contributed by atoms with Crippen LogP contribution in [0, 0.1) is 5.82 Å². The molecule has 0 saturated carbocycles. The van der Waals surface area contributed by atoms with E-state index < -0.39 is 5.60 Å². The highest BCUT2D eigenvalue weighted by Crippen LogP contribution is 2.46. The summed E-state index contributed by atoms with van der Waals surface area (Å²) in [4.78, 5) is 6.85. The molecule has 4 nitrogen and oxygen atoms in total. The molecule has 0 spiro atoms. The third kappa shape index (κ3) is 2.92. The van der Waals surface area contributed by atoms with Crippen molar-refractivity contribution in [3.8, 4) is 0 Å². The Morgan fingerprint density at radius 1 is 1.20 bits per heavy atom. The molecule has 2 saturated heterocycles. The molecule has 0 amide bonds. The van der Waals surface area contributed by atoms with E-state index >= 15 is 0 Å². The van der Waals surface area contributed by atoms with Gasteiger partial charge in [0.15, 0.2) is 0 Å². The summed E-state index contributed by atoms with van der Waals surface area (Å²) in [6.45, 7) is 0.812. The molecule has 132 valence electrons. The number of aliphatic hydroxyl groups is 1. The lowest BCUT2D eigenvalue weighted by Crippen LogP contribution is -2.49. The van der Waals surface area contributed by atoms with Crippen LogP contribution in [0.25, 0.3) is 0 Å². The highest BCUT2D eigenvalue weighted by Gasteiger charge is 2.49. The van der Waals surface area contributed by atoms with Crippen LogP contribution in [-0.4, -0.2) is 34.1 Å². The number of piperidine rings is 1. The van der Waals surface area contributed by atoms with Gasteiger partial charge in [-0.15, -0.1) is 0 Å². The lowest BCUT2D eigenvalue weighted by molar-refractivity contribution is -0.0615. The number of halogens is 1. The molecule has 0 unspecified atom stereocenters. The van der Waals surface area contributed by atoms with Crippen molar-refractivity contribution in [1.82, 2.24) is 9.88 Å². The molecule has 0 aliphatic carbocycles. The Balaban J connectivity index is 1.57. The molecule has 25 heavy (non-hydrogen) atoms. The maximum atomic E-state index is 14.2. The molecule has 3 heterocycles. The molecule has 5 heteroatoms. The highest BCUT2D eigenvalue weighted by atomic mass is 19.1. The van der Waals surface area contributed by atoms with Crippen LogP contribution in [-0.2, 0) is 12.1 Å². The van der Waals surface area contributed by atoms with Crippen LogP contribution in [0.2, 0.25) is 0 Å². The Hall–Kier alpha value is -1.98. The maximum absolute atomic E-state index is 14.2. The number of fused-ring (bicyclic) bond motifs is 2. The summed E-state index contributed by atoms with van der Waals surface area (Å²) in [5.74, 6) is 0.597. The third-order valence-electron chi connectivity index (χ3n) is 5.77. The van der Waals surface area contributed by atoms with Gasteiger partial charge >= 0.3 is 0 Å². The van der Waals surface area contributed by atoms with Crippen LogP contribution in [0.3, 0.4) is 0 Å². The number of hydrogen-bond acceptors (Lipinski definition) is 4. The van der Waals surface area contributed by atoms with Crippen molar-refractivity contribution < 1.29 is 9.50 Å². The Morgan fingerprint density at radius 3 is 2.60 bits per heavy atom. The molecule has 0 radical (unpaired) electrons. The van der Waals surface area contributed by atoms with Crippen LogP contribution in [0.1, 0.15) is 36.8 Å². The van der Waals surface area contributed by atoms with Crippen LogP contribution in [0.15, 0.2) is 42.6 Å². The van der Waals surface area contributed by atoms with E-state index in [2.05, 4.69) is 21.3 Å². The zero-order valence-electron chi connectivity index (χ0n) is 14.5. The average Bonchev–Trinajstić information content (AvgIpc) is 2.86.